The Hall–Kier alpha value is -2.61. The molecule has 0 spiro atoms. The maximum atomic E-state index is 11.8. The van der Waals surface area contributed by atoms with Gasteiger partial charge in [0.05, 0.1) is 16.4 Å². The smallest absolute Gasteiger partial charge is 0.247 e. The summed E-state index contributed by atoms with van der Waals surface area (Å²) in [6.45, 7) is -0.0171. The lowest BCUT2D eigenvalue weighted by molar-refractivity contribution is -0.116. The van der Waals surface area contributed by atoms with Crippen LogP contribution in [0.1, 0.15) is 10.5 Å². The van der Waals surface area contributed by atoms with Crippen LogP contribution in [0.15, 0.2) is 30.5 Å². The van der Waals surface area contributed by atoms with Crippen molar-refractivity contribution in [2.24, 2.45) is 0 Å². The van der Waals surface area contributed by atoms with Crippen LogP contribution in [0, 0.1) is 0 Å². The molecule has 0 aliphatic rings. The highest BCUT2D eigenvalue weighted by atomic mass is 32.1. The predicted molar refractivity (Wildman–Crippen MR) is 73.7 cm³/mol. The summed E-state index contributed by atoms with van der Waals surface area (Å²) in [5, 5.41) is 10.5. The van der Waals surface area contributed by atoms with E-state index in [1.807, 2.05) is 24.3 Å². The fourth-order valence-corrected chi connectivity index (χ4v) is 2.56. The number of nitrogens with zero attached hydrogens (tertiary/aromatic N) is 4. The van der Waals surface area contributed by atoms with Crippen molar-refractivity contribution in [3.63, 3.8) is 0 Å². The SMILES string of the molecule is O=Cc1cn(CC(=O)Nc2nc3ccccc3s2)nn1. The molecule has 0 aliphatic carbocycles. The van der Waals surface area contributed by atoms with E-state index < -0.39 is 0 Å². The molecule has 0 fully saturated rings. The van der Waals surface area contributed by atoms with Crippen molar-refractivity contribution in [3.8, 4) is 0 Å². The van der Waals surface area contributed by atoms with E-state index in [9.17, 15) is 9.59 Å². The summed E-state index contributed by atoms with van der Waals surface area (Å²) >= 11 is 1.40. The molecule has 20 heavy (non-hydrogen) atoms. The number of carbonyl (C=O) groups is 2. The van der Waals surface area contributed by atoms with Gasteiger partial charge in [-0.2, -0.15) is 0 Å². The monoisotopic (exact) mass is 287 g/mol. The van der Waals surface area contributed by atoms with Gasteiger partial charge in [-0.15, -0.1) is 5.10 Å². The highest BCUT2D eigenvalue weighted by Crippen LogP contribution is 2.25. The van der Waals surface area contributed by atoms with Gasteiger partial charge in [0.25, 0.3) is 0 Å². The molecule has 1 aromatic carbocycles. The van der Waals surface area contributed by atoms with Gasteiger partial charge in [-0.3, -0.25) is 9.59 Å². The second kappa shape index (κ2) is 5.17. The van der Waals surface area contributed by atoms with Crippen molar-refractivity contribution in [2.45, 2.75) is 6.54 Å². The first-order valence-corrected chi connectivity index (χ1v) is 6.57. The minimum Gasteiger partial charge on any atom is -0.300 e. The number of fused-ring (bicyclic) bond motifs is 1. The quantitative estimate of drug-likeness (QED) is 0.731. The van der Waals surface area contributed by atoms with E-state index in [1.54, 1.807) is 0 Å². The summed E-state index contributed by atoms with van der Waals surface area (Å²) in [4.78, 5) is 26.6. The van der Waals surface area contributed by atoms with Crippen LogP contribution in [-0.4, -0.2) is 32.2 Å². The minimum atomic E-state index is -0.272. The molecule has 8 heteroatoms. The van der Waals surface area contributed by atoms with Crippen LogP contribution in [0.5, 0.6) is 0 Å². The van der Waals surface area contributed by atoms with Gasteiger partial charge < -0.3 is 5.32 Å². The Kier molecular flexibility index (Phi) is 3.21. The summed E-state index contributed by atoms with van der Waals surface area (Å²) in [7, 11) is 0. The Morgan fingerprint density at radius 3 is 3.00 bits per heavy atom. The molecule has 0 saturated heterocycles. The van der Waals surface area contributed by atoms with Crippen molar-refractivity contribution in [2.75, 3.05) is 5.32 Å². The van der Waals surface area contributed by atoms with Gasteiger partial charge >= 0.3 is 0 Å². The van der Waals surface area contributed by atoms with E-state index in [2.05, 4.69) is 20.6 Å². The average Bonchev–Trinajstić information content (AvgIpc) is 3.04. The number of amides is 1. The summed E-state index contributed by atoms with van der Waals surface area (Å²) in [5.41, 5.74) is 1.04. The molecule has 2 heterocycles. The molecule has 3 aromatic rings. The van der Waals surface area contributed by atoms with E-state index in [0.29, 0.717) is 11.4 Å². The van der Waals surface area contributed by atoms with E-state index in [0.717, 1.165) is 10.2 Å². The molecular weight excluding hydrogens is 278 g/mol. The van der Waals surface area contributed by atoms with Gasteiger partial charge in [0.15, 0.2) is 11.4 Å². The number of carbonyl (C=O) groups excluding carboxylic acids is 2. The molecule has 0 radical (unpaired) electrons. The molecule has 3 rings (SSSR count). The third-order valence-electron chi connectivity index (χ3n) is 2.52. The number of para-hydroxylation sites is 1. The molecule has 0 unspecified atom stereocenters. The molecule has 0 saturated carbocycles. The van der Waals surface area contributed by atoms with Gasteiger partial charge in [-0.25, -0.2) is 9.67 Å². The van der Waals surface area contributed by atoms with Crippen LogP contribution < -0.4 is 5.32 Å². The summed E-state index contributed by atoms with van der Waals surface area (Å²) in [5.74, 6) is -0.272. The molecule has 1 amide bonds. The van der Waals surface area contributed by atoms with Crippen molar-refractivity contribution in [3.05, 3.63) is 36.2 Å². The average molecular weight is 287 g/mol. The molecule has 0 atom stereocenters. The van der Waals surface area contributed by atoms with Crippen molar-refractivity contribution < 1.29 is 9.59 Å². The number of nitrogens with one attached hydrogen (secondary N) is 1. The van der Waals surface area contributed by atoms with Crippen LogP contribution in [0.2, 0.25) is 0 Å². The van der Waals surface area contributed by atoms with E-state index in [-0.39, 0.29) is 18.1 Å². The first-order chi connectivity index (χ1) is 9.74. The standard InChI is InChI=1S/C12H9N5O2S/c18-7-8-5-17(16-15-8)6-11(19)14-12-13-9-3-1-2-4-10(9)20-12/h1-5,7H,6H2,(H,13,14,19). The van der Waals surface area contributed by atoms with Crippen molar-refractivity contribution in [1.82, 2.24) is 20.0 Å². The number of rotatable bonds is 4. The van der Waals surface area contributed by atoms with Gasteiger partial charge in [0.2, 0.25) is 5.91 Å². The number of benzene rings is 1. The lowest BCUT2D eigenvalue weighted by atomic mass is 10.3. The molecule has 0 aliphatic heterocycles. The number of thiazole rings is 1. The molecule has 0 bridgehead atoms. The molecule has 100 valence electrons. The molecule has 2 aromatic heterocycles. The number of anilines is 1. The number of hydrogen-bond donors (Lipinski definition) is 1. The van der Waals surface area contributed by atoms with Crippen LogP contribution in [-0.2, 0) is 11.3 Å². The number of aldehydes is 1. The fourth-order valence-electron chi connectivity index (χ4n) is 1.68. The highest BCUT2D eigenvalue weighted by molar-refractivity contribution is 7.22. The first kappa shape index (κ1) is 12.4. The minimum absolute atomic E-state index is 0.0171. The molecule has 7 nitrogen and oxygen atoms in total. The van der Waals surface area contributed by atoms with Crippen molar-refractivity contribution >= 4 is 38.9 Å². The topological polar surface area (TPSA) is 89.8 Å². The van der Waals surface area contributed by atoms with Gasteiger partial charge in [0.1, 0.15) is 12.2 Å². The lowest BCUT2D eigenvalue weighted by Gasteiger charge is -2.00. The maximum absolute atomic E-state index is 11.8. The van der Waals surface area contributed by atoms with Gasteiger partial charge in [0, 0.05) is 0 Å². The summed E-state index contributed by atoms with van der Waals surface area (Å²) in [6, 6.07) is 7.64. The van der Waals surface area contributed by atoms with E-state index in [1.165, 1.54) is 22.2 Å². The van der Waals surface area contributed by atoms with Crippen LogP contribution in [0.4, 0.5) is 5.13 Å². The lowest BCUT2D eigenvalue weighted by Crippen LogP contribution is -2.19. The van der Waals surface area contributed by atoms with Crippen molar-refractivity contribution in [1.29, 1.82) is 0 Å². The largest absolute Gasteiger partial charge is 0.300 e. The summed E-state index contributed by atoms with van der Waals surface area (Å²) < 4.78 is 2.30. The maximum Gasteiger partial charge on any atom is 0.247 e. The normalized spacial score (nSPS) is 10.6. The zero-order valence-electron chi connectivity index (χ0n) is 10.2. The third kappa shape index (κ3) is 2.54. The molecular formula is C12H9N5O2S. The van der Waals surface area contributed by atoms with Gasteiger partial charge in [-0.1, -0.05) is 28.7 Å². The summed E-state index contributed by atoms with van der Waals surface area (Å²) in [6.07, 6.45) is 1.99. The van der Waals surface area contributed by atoms with Crippen LogP contribution in [0.3, 0.4) is 0 Å². The Labute approximate surface area is 117 Å². The second-order valence-corrected chi connectivity index (χ2v) is 5.02. The first-order valence-electron chi connectivity index (χ1n) is 5.75. The zero-order valence-corrected chi connectivity index (χ0v) is 11.0. The van der Waals surface area contributed by atoms with Gasteiger partial charge in [-0.05, 0) is 12.1 Å². The zero-order chi connectivity index (χ0) is 13.9. The Balaban J connectivity index is 1.70. The second-order valence-electron chi connectivity index (χ2n) is 3.99. The van der Waals surface area contributed by atoms with E-state index >= 15 is 0 Å². The fraction of sp³-hybridized carbons (Fsp3) is 0.0833. The molecule has 1 N–H and O–H groups in total. The predicted octanol–water partition coefficient (Wildman–Crippen LogP) is 1.34. The van der Waals surface area contributed by atoms with Crippen LogP contribution >= 0.6 is 11.3 Å². The highest BCUT2D eigenvalue weighted by Gasteiger charge is 2.09. The van der Waals surface area contributed by atoms with Crippen LogP contribution in [0.25, 0.3) is 10.2 Å². The number of aromatic nitrogens is 4. The third-order valence-corrected chi connectivity index (χ3v) is 3.47. The number of hydrogen-bond acceptors (Lipinski definition) is 6. The van der Waals surface area contributed by atoms with E-state index in [4.69, 9.17) is 0 Å². The Bertz CT molecular complexity index is 746. The Morgan fingerprint density at radius 1 is 1.40 bits per heavy atom. The Morgan fingerprint density at radius 2 is 2.25 bits per heavy atom.